The molecular weight excluding hydrogens is 322 g/mol. The van der Waals surface area contributed by atoms with Crippen molar-refractivity contribution < 1.29 is 4.79 Å². The van der Waals surface area contributed by atoms with Crippen LogP contribution in [0.1, 0.15) is 30.0 Å². The van der Waals surface area contributed by atoms with Crippen LogP contribution >= 0.6 is 0 Å². The van der Waals surface area contributed by atoms with Gasteiger partial charge in [0.15, 0.2) is 0 Å². The highest BCUT2D eigenvalue weighted by atomic mass is 16.2. The largest absolute Gasteiger partial charge is 0.340 e. The van der Waals surface area contributed by atoms with Crippen molar-refractivity contribution in [2.45, 2.75) is 18.9 Å². The number of hydrogen-bond acceptors (Lipinski definition) is 3. The van der Waals surface area contributed by atoms with Crippen LogP contribution in [0.25, 0.3) is 0 Å². The summed E-state index contributed by atoms with van der Waals surface area (Å²) in [6.07, 6.45) is 0. The lowest BCUT2D eigenvalue weighted by atomic mass is 9.89. The predicted molar refractivity (Wildman–Crippen MR) is 106 cm³/mol. The van der Waals surface area contributed by atoms with Gasteiger partial charge in [-0.15, -0.1) is 0 Å². The summed E-state index contributed by atoms with van der Waals surface area (Å²) in [5.74, 6) is 0.802. The van der Waals surface area contributed by atoms with Gasteiger partial charge in [0.1, 0.15) is 6.04 Å². The van der Waals surface area contributed by atoms with Gasteiger partial charge in [0, 0.05) is 19.0 Å². The second-order valence-corrected chi connectivity index (χ2v) is 7.14. The van der Waals surface area contributed by atoms with Gasteiger partial charge in [-0.05, 0) is 37.2 Å². The third-order valence-corrected chi connectivity index (χ3v) is 5.57. The molecule has 1 heterocycles. The van der Waals surface area contributed by atoms with Crippen molar-refractivity contribution in [2.24, 2.45) is 11.7 Å². The van der Waals surface area contributed by atoms with Crippen LogP contribution in [0.2, 0.25) is 0 Å². The Bertz CT molecular complexity index is 704. The molecule has 1 unspecified atom stereocenters. The molecule has 26 heavy (non-hydrogen) atoms. The molecule has 1 saturated heterocycles. The van der Waals surface area contributed by atoms with Crippen LogP contribution < -0.4 is 5.73 Å². The number of carbonyl (C=O) groups is 1. The molecular formula is C22H29N3O. The molecule has 2 aromatic rings. The summed E-state index contributed by atoms with van der Waals surface area (Å²) in [5.41, 5.74) is 8.38. The number of likely N-dealkylation sites (tertiary alicyclic amines) is 1. The molecule has 3 atom stereocenters. The van der Waals surface area contributed by atoms with E-state index in [1.165, 1.54) is 5.56 Å². The third-order valence-electron chi connectivity index (χ3n) is 5.57. The van der Waals surface area contributed by atoms with Crippen LogP contribution in [0.4, 0.5) is 0 Å². The van der Waals surface area contributed by atoms with E-state index in [0.29, 0.717) is 18.4 Å². The molecule has 1 amide bonds. The predicted octanol–water partition coefficient (Wildman–Crippen LogP) is 2.88. The van der Waals surface area contributed by atoms with Crippen LogP contribution in [0, 0.1) is 5.92 Å². The van der Waals surface area contributed by atoms with Gasteiger partial charge < -0.3 is 10.6 Å². The quantitative estimate of drug-likeness (QED) is 0.871. The van der Waals surface area contributed by atoms with E-state index >= 15 is 0 Å². The lowest BCUT2D eigenvalue weighted by Gasteiger charge is -2.30. The molecule has 0 spiro atoms. The van der Waals surface area contributed by atoms with Crippen LogP contribution in [-0.2, 0) is 4.79 Å². The maximum Gasteiger partial charge on any atom is 0.244 e. The van der Waals surface area contributed by atoms with E-state index in [9.17, 15) is 4.79 Å². The molecule has 1 aliphatic heterocycles. The molecule has 4 nitrogen and oxygen atoms in total. The fraction of sp³-hybridized carbons (Fsp3) is 0.409. The topological polar surface area (TPSA) is 49.6 Å². The average molecular weight is 351 g/mol. The molecule has 1 fully saturated rings. The second-order valence-electron chi connectivity index (χ2n) is 7.14. The fourth-order valence-electron chi connectivity index (χ4n) is 3.94. The van der Waals surface area contributed by atoms with Gasteiger partial charge in [-0.25, -0.2) is 0 Å². The number of likely N-dealkylation sites (N-methyl/N-ethyl adjacent to an activating group) is 1. The van der Waals surface area contributed by atoms with Gasteiger partial charge in [0.25, 0.3) is 0 Å². The first-order valence-electron chi connectivity index (χ1n) is 9.44. The highest BCUT2D eigenvalue weighted by molar-refractivity contribution is 5.83. The molecule has 2 aromatic carbocycles. The SMILES string of the molecule is CCN(C)C(C(=O)N1C[C@@H](CN)[C@H](c2ccccc2)C1)c1ccccc1. The third kappa shape index (κ3) is 3.81. The maximum absolute atomic E-state index is 13.4. The standard InChI is InChI=1S/C22H29N3O/c1-3-24(2)21(18-12-8-5-9-13-18)22(26)25-15-19(14-23)20(16-25)17-10-6-4-7-11-17/h4-13,19-21H,3,14-16,23H2,1-2H3/t19-,20+,21?/m1/s1. The number of carbonyl (C=O) groups excluding carboxylic acids is 1. The summed E-state index contributed by atoms with van der Waals surface area (Å²) in [5, 5.41) is 0. The molecule has 0 aliphatic carbocycles. The van der Waals surface area contributed by atoms with Gasteiger partial charge in [0.05, 0.1) is 0 Å². The highest BCUT2D eigenvalue weighted by Crippen LogP contribution is 2.34. The maximum atomic E-state index is 13.4. The summed E-state index contributed by atoms with van der Waals surface area (Å²) >= 11 is 0. The van der Waals surface area contributed by atoms with E-state index in [4.69, 9.17) is 5.73 Å². The van der Waals surface area contributed by atoms with Crippen LogP contribution in [0.5, 0.6) is 0 Å². The van der Waals surface area contributed by atoms with E-state index < -0.39 is 0 Å². The second kappa shape index (κ2) is 8.47. The zero-order chi connectivity index (χ0) is 18.5. The van der Waals surface area contributed by atoms with Crippen LogP contribution in [0.15, 0.2) is 60.7 Å². The van der Waals surface area contributed by atoms with Crippen molar-refractivity contribution in [3.05, 3.63) is 71.8 Å². The van der Waals surface area contributed by atoms with E-state index in [1.807, 2.05) is 48.3 Å². The Morgan fingerprint density at radius 1 is 1.12 bits per heavy atom. The molecule has 4 heteroatoms. The van der Waals surface area contributed by atoms with E-state index in [-0.39, 0.29) is 11.9 Å². The Labute approximate surface area is 156 Å². The van der Waals surface area contributed by atoms with Crippen molar-refractivity contribution in [2.75, 3.05) is 33.2 Å². The van der Waals surface area contributed by atoms with E-state index in [0.717, 1.165) is 25.2 Å². The Morgan fingerprint density at radius 2 is 1.73 bits per heavy atom. The zero-order valence-electron chi connectivity index (χ0n) is 15.7. The molecule has 0 radical (unpaired) electrons. The summed E-state index contributed by atoms with van der Waals surface area (Å²) in [6, 6.07) is 20.3. The molecule has 3 rings (SSSR count). The number of nitrogens with zero attached hydrogens (tertiary/aromatic N) is 2. The van der Waals surface area contributed by atoms with Gasteiger partial charge in [-0.3, -0.25) is 9.69 Å². The molecule has 2 N–H and O–H groups in total. The smallest absolute Gasteiger partial charge is 0.244 e. The van der Waals surface area contributed by atoms with E-state index in [2.05, 4.69) is 36.1 Å². The fourth-order valence-corrected chi connectivity index (χ4v) is 3.94. The van der Waals surface area contributed by atoms with Gasteiger partial charge in [-0.1, -0.05) is 67.6 Å². The Balaban J connectivity index is 1.84. The lowest BCUT2D eigenvalue weighted by molar-refractivity contribution is -0.135. The van der Waals surface area contributed by atoms with Gasteiger partial charge >= 0.3 is 0 Å². The number of rotatable bonds is 6. The monoisotopic (exact) mass is 351 g/mol. The summed E-state index contributed by atoms with van der Waals surface area (Å²) in [4.78, 5) is 17.6. The van der Waals surface area contributed by atoms with Crippen molar-refractivity contribution in [1.29, 1.82) is 0 Å². The molecule has 0 bridgehead atoms. The minimum Gasteiger partial charge on any atom is -0.340 e. The Hall–Kier alpha value is -2.17. The number of hydrogen-bond donors (Lipinski definition) is 1. The first kappa shape index (κ1) is 18.6. The van der Waals surface area contributed by atoms with Crippen molar-refractivity contribution in [3.8, 4) is 0 Å². The van der Waals surface area contributed by atoms with Crippen molar-refractivity contribution in [3.63, 3.8) is 0 Å². The minimum absolute atomic E-state index is 0.178. The molecule has 0 saturated carbocycles. The average Bonchev–Trinajstić information content (AvgIpc) is 3.14. The normalized spacial score (nSPS) is 21.2. The first-order chi connectivity index (χ1) is 12.7. The number of nitrogens with two attached hydrogens (primary N) is 1. The van der Waals surface area contributed by atoms with Crippen molar-refractivity contribution in [1.82, 2.24) is 9.80 Å². The van der Waals surface area contributed by atoms with Gasteiger partial charge in [0.2, 0.25) is 5.91 Å². The Kier molecular flexibility index (Phi) is 6.07. The van der Waals surface area contributed by atoms with Crippen LogP contribution in [-0.4, -0.2) is 48.9 Å². The highest BCUT2D eigenvalue weighted by Gasteiger charge is 2.38. The summed E-state index contributed by atoms with van der Waals surface area (Å²) in [6.45, 7) is 4.98. The molecule has 1 aliphatic rings. The summed E-state index contributed by atoms with van der Waals surface area (Å²) < 4.78 is 0. The van der Waals surface area contributed by atoms with Crippen LogP contribution in [0.3, 0.4) is 0 Å². The summed E-state index contributed by atoms with van der Waals surface area (Å²) in [7, 11) is 2.01. The van der Waals surface area contributed by atoms with E-state index in [1.54, 1.807) is 0 Å². The zero-order valence-corrected chi connectivity index (χ0v) is 15.7. The van der Waals surface area contributed by atoms with Gasteiger partial charge in [-0.2, -0.15) is 0 Å². The lowest BCUT2D eigenvalue weighted by Crippen LogP contribution is -2.41. The number of amides is 1. The Morgan fingerprint density at radius 3 is 2.31 bits per heavy atom. The molecule has 0 aromatic heterocycles. The first-order valence-corrected chi connectivity index (χ1v) is 9.44. The molecule has 138 valence electrons. The minimum atomic E-state index is -0.242. The number of benzene rings is 2. The van der Waals surface area contributed by atoms with Crippen molar-refractivity contribution >= 4 is 5.91 Å².